The van der Waals surface area contributed by atoms with Gasteiger partial charge in [-0.05, 0) is 80.2 Å². The first-order valence-electron chi connectivity index (χ1n) is 17.7. The number of ether oxygens (including phenoxy) is 1. The minimum Gasteiger partial charge on any atom is -0.510 e. The largest absolute Gasteiger partial charge is 0.510 e. The Bertz CT molecular complexity index is 1280. The summed E-state index contributed by atoms with van der Waals surface area (Å²) in [4.78, 5) is 26.4. The highest BCUT2D eigenvalue weighted by molar-refractivity contribution is 6.03. The molecule has 1 fully saturated rings. The summed E-state index contributed by atoms with van der Waals surface area (Å²) in [5, 5.41) is 21.4. The van der Waals surface area contributed by atoms with E-state index in [1.54, 1.807) is 24.3 Å². The molecular weight excluding hydrogens is 574 g/mol. The minimum atomic E-state index is -0.581. The quantitative estimate of drug-likeness (QED) is 0.0562. The topological polar surface area (TPSA) is 100 Å². The molecule has 2 aromatic rings. The van der Waals surface area contributed by atoms with E-state index in [9.17, 15) is 14.7 Å². The van der Waals surface area contributed by atoms with Crippen LogP contribution in [-0.2, 0) is 16.0 Å². The molecule has 1 aliphatic rings. The smallest absolute Gasteiger partial charge is 0.340 e. The molecule has 0 aliphatic heterocycles. The Morgan fingerprint density at radius 2 is 1.54 bits per heavy atom. The molecule has 7 heteroatoms. The van der Waals surface area contributed by atoms with Crippen molar-refractivity contribution in [1.82, 2.24) is 0 Å². The third-order valence-corrected chi connectivity index (χ3v) is 9.19. The number of unbranched alkanes of at least 4 members (excludes halogenated alkanes) is 9. The first-order chi connectivity index (χ1) is 22.2. The monoisotopic (exact) mass is 631 g/mol. The van der Waals surface area contributed by atoms with E-state index in [0.717, 1.165) is 32.1 Å². The van der Waals surface area contributed by atoms with Crippen molar-refractivity contribution in [3.8, 4) is 0 Å². The van der Waals surface area contributed by atoms with Crippen LogP contribution < -0.4 is 5.32 Å². The van der Waals surface area contributed by atoms with Gasteiger partial charge in [0.15, 0.2) is 5.70 Å². The van der Waals surface area contributed by atoms with Gasteiger partial charge in [-0.1, -0.05) is 116 Å². The van der Waals surface area contributed by atoms with Crippen molar-refractivity contribution in [3.63, 3.8) is 0 Å². The molecule has 3 atom stereocenters. The molecule has 0 bridgehead atoms. The van der Waals surface area contributed by atoms with Crippen LogP contribution in [0.3, 0.4) is 0 Å². The van der Waals surface area contributed by atoms with E-state index in [-0.39, 0.29) is 28.8 Å². The molecule has 1 amide bonds. The second-order valence-electron chi connectivity index (χ2n) is 13.5. The first-order valence-corrected chi connectivity index (χ1v) is 17.7. The highest BCUT2D eigenvalue weighted by atomic mass is 16.5. The van der Waals surface area contributed by atoms with Crippen LogP contribution in [-0.4, -0.2) is 23.1 Å². The lowest BCUT2D eigenvalue weighted by Crippen LogP contribution is -2.35. The second-order valence-corrected chi connectivity index (χ2v) is 13.5. The first kappa shape index (κ1) is 37.0. The predicted molar refractivity (Wildman–Crippen MR) is 187 cm³/mol. The maximum absolute atomic E-state index is 13.3. The number of azo groups is 1. The van der Waals surface area contributed by atoms with E-state index < -0.39 is 11.9 Å². The van der Waals surface area contributed by atoms with Gasteiger partial charge < -0.3 is 15.2 Å². The number of carbonyl (C=O) groups excluding carboxylic acids is 2. The standard InChI is InChI=1S/C39H57N3O4/c1-6-7-8-9-10-11-12-13-14-15-18-31-22-24-32(25-23-31)40-38(44)37(30(5)43)42-41-35-20-17-16-19-34(35)39(45)46-36-27-29(4)21-26-33(36)28(2)3/h16-17,19-20,22-25,28-29,33,36,43H,6-15,18,21,26-27H2,1-5H3,(H,40,44)/b37-30+,42-41?. The van der Waals surface area contributed by atoms with Crippen molar-refractivity contribution in [2.45, 2.75) is 131 Å². The van der Waals surface area contributed by atoms with Gasteiger partial charge in [0, 0.05) is 5.69 Å². The number of aliphatic hydroxyl groups is 1. The van der Waals surface area contributed by atoms with Gasteiger partial charge in [0.25, 0.3) is 5.91 Å². The zero-order chi connectivity index (χ0) is 33.3. The number of anilines is 1. The number of nitrogens with zero attached hydrogens (tertiary/aromatic N) is 2. The maximum atomic E-state index is 13.3. The van der Waals surface area contributed by atoms with Gasteiger partial charge in [-0.2, -0.15) is 0 Å². The summed E-state index contributed by atoms with van der Waals surface area (Å²) < 4.78 is 6.03. The van der Waals surface area contributed by atoms with Crippen LogP contribution >= 0.6 is 0 Å². The Hall–Kier alpha value is -3.48. The SMILES string of the molecule is CCCCCCCCCCCCc1ccc(NC(=O)/C(N=Nc2ccccc2C(=O)OC2CC(C)CCC2C(C)C)=C(/C)O)cc1. The fraction of sp³-hybridized carbons (Fsp3) is 0.590. The van der Waals surface area contributed by atoms with E-state index in [2.05, 4.69) is 43.2 Å². The normalized spacial score (nSPS) is 18.9. The van der Waals surface area contributed by atoms with Crippen molar-refractivity contribution in [1.29, 1.82) is 0 Å². The van der Waals surface area contributed by atoms with Crippen LogP contribution in [0.4, 0.5) is 11.4 Å². The predicted octanol–water partition coefficient (Wildman–Crippen LogP) is 11.3. The van der Waals surface area contributed by atoms with Crippen molar-refractivity contribution in [2.24, 2.45) is 28.0 Å². The van der Waals surface area contributed by atoms with Gasteiger partial charge in [-0.3, -0.25) is 4.79 Å². The van der Waals surface area contributed by atoms with Crippen LogP contribution in [0.1, 0.15) is 134 Å². The lowest BCUT2D eigenvalue weighted by Gasteiger charge is -2.36. The van der Waals surface area contributed by atoms with Gasteiger partial charge >= 0.3 is 5.97 Å². The average molecular weight is 632 g/mol. The number of hydrogen-bond donors (Lipinski definition) is 2. The van der Waals surface area contributed by atoms with Crippen LogP contribution in [0, 0.1) is 17.8 Å². The number of rotatable bonds is 18. The lowest BCUT2D eigenvalue weighted by molar-refractivity contribution is -0.113. The zero-order valence-electron chi connectivity index (χ0n) is 28.9. The summed E-state index contributed by atoms with van der Waals surface area (Å²) in [6.45, 7) is 10.2. The molecule has 1 saturated carbocycles. The number of esters is 1. The van der Waals surface area contributed by atoms with E-state index >= 15 is 0 Å². The van der Waals surface area contributed by atoms with Crippen molar-refractivity contribution in [2.75, 3.05) is 5.32 Å². The molecule has 3 unspecified atom stereocenters. The fourth-order valence-corrected chi connectivity index (χ4v) is 6.33. The Kier molecular flexibility index (Phi) is 16.0. The molecule has 252 valence electrons. The van der Waals surface area contributed by atoms with Gasteiger partial charge in [-0.15, -0.1) is 10.2 Å². The Morgan fingerprint density at radius 1 is 0.913 bits per heavy atom. The maximum Gasteiger partial charge on any atom is 0.340 e. The summed E-state index contributed by atoms with van der Waals surface area (Å²) >= 11 is 0. The van der Waals surface area contributed by atoms with Crippen LogP contribution in [0.2, 0.25) is 0 Å². The van der Waals surface area contributed by atoms with E-state index in [4.69, 9.17) is 4.74 Å². The molecule has 2 N–H and O–H groups in total. The average Bonchev–Trinajstić information content (AvgIpc) is 3.02. The zero-order valence-corrected chi connectivity index (χ0v) is 28.9. The molecule has 2 aromatic carbocycles. The summed E-state index contributed by atoms with van der Waals surface area (Å²) in [5.74, 6) is -0.0649. The van der Waals surface area contributed by atoms with E-state index in [1.165, 1.54) is 70.3 Å². The lowest BCUT2D eigenvalue weighted by atomic mass is 9.75. The molecule has 0 spiro atoms. The number of allylic oxidation sites excluding steroid dienone is 1. The van der Waals surface area contributed by atoms with Gasteiger partial charge in [0.1, 0.15) is 17.6 Å². The minimum absolute atomic E-state index is 0.150. The fourth-order valence-electron chi connectivity index (χ4n) is 6.33. The van der Waals surface area contributed by atoms with Crippen LogP contribution in [0.15, 0.2) is 70.2 Å². The molecular formula is C39H57N3O4. The molecule has 7 nitrogen and oxygen atoms in total. The van der Waals surface area contributed by atoms with E-state index in [1.807, 2.05) is 24.3 Å². The number of benzene rings is 2. The van der Waals surface area contributed by atoms with Gasteiger partial charge in [0.2, 0.25) is 0 Å². The molecule has 3 rings (SSSR count). The number of hydrogen-bond acceptors (Lipinski definition) is 6. The molecule has 0 saturated heterocycles. The third-order valence-electron chi connectivity index (χ3n) is 9.19. The number of carbonyl (C=O) groups is 2. The van der Waals surface area contributed by atoms with Crippen LogP contribution in [0.5, 0.6) is 0 Å². The summed E-state index contributed by atoms with van der Waals surface area (Å²) in [7, 11) is 0. The highest BCUT2D eigenvalue weighted by Crippen LogP contribution is 2.36. The summed E-state index contributed by atoms with van der Waals surface area (Å²) in [5.41, 5.74) is 2.17. The molecule has 1 aliphatic carbocycles. The van der Waals surface area contributed by atoms with Crippen molar-refractivity contribution in [3.05, 3.63) is 71.1 Å². The van der Waals surface area contributed by atoms with Gasteiger partial charge in [0.05, 0.1) is 5.56 Å². The Balaban J connectivity index is 1.53. The second kappa shape index (κ2) is 19.9. The van der Waals surface area contributed by atoms with Crippen molar-refractivity contribution >= 4 is 23.3 Å². The molecule has 46 heavy (non-hydrogen) atoms. The third kappa shape index (κ3) is 12.4. The Morgan fingerprint density at radius 3 is 2.17 bits per heavy atom. The molecule has 0 radical (unpaired) electrons. The number of amides is 1. The van der Waals surface area contributed by atoms with Crippen LogP contribution in [0.25, 0.3) is 0 Å². The summed E-state index contributed by atoms with van der Waals surface area (Å²) in [6.07, 6.45) is 17.0. The van der Waals surface area contributed by atoms with Gasteiger partial charge in [-0.25, -0.2) is 4.79 Å². The number of nitrogens with one attached hydrogen (secondary N) is 1. The Labute approximate surface area is 277 Å². The van der Waals surface area contributed by atoms with E-state index in [0.29, 0.717) is 23.4 Å². The molecule has 0 heterocycles. The molecule has 0 aromatic heterocycles. The number of aliphatic hydroxyl groups excluding tert-OH is 1. The highest BCUT2D eigenvalue weighted by Gasteiger charge is 2.34. The van der Waals surface area contributed by atoms with Crippen molar-refractivity contribution < 1.29 is 19.4 Å². The number of aryl methyl sites for hydroxylation is 1. The summed E-state index contributed by atoms with van der Waals surface area (Å²) in [6, 6.07) is 14.6.